The van der Waals surface area contributed by atoms with Gasteiger partial charge in [0.15, 0.2) is 0 Å². The summed E-state index contributed by atoms with van der Waals surface area (Å²) in [5, 5.41) is 2.88. The SMILES string of the molecule is CC(C)(C)[C@H](N)C(=O)Nc1ccc2nc(C3CCCO3)[nH]c2c1. The fourth-order valence-corrected chi connectivity index (χ4v) is 2.67. The minimum atomic E-state index is -0.567. The molecule has 6 nitrogen and oxygen atoms in total. The van der Waals surface area contributed by atoms with E-state index in [2.05, 4.69) is 15.3 Å². The van der Waals surface area contributed by atoms with Crippen LogP contribution in [0.3, 0.4) is 0 Å². The number of aromatic amines is 1. The van der Waals surface area contributed by atoms with Gasteiger partial charge in [-0.25, -0.2) is 4.98 Å². The van der Waals surface area contributed by atoms with Crippen molar-refractivity contribution in [1.29, 1.82) is 0 Å². The number of rotatable bonds is 3. The molecule has 124 valence electrons. The lowest BCUT2D eigenvalue weighted by molar-refractivity contribution is -0.119. The number of hydrogen-bond donors (Lipinski definition) is 3. The van der Waals surface area contributed by atoms with Crippen LogP contribution in [0.25, 0.3) is 11.0 Å². The predicted octanol–water partition coefficient (Wildman–Crippen LogP) is 2.73. The highest BCUT2D eigenvalue weighted by atomic mass is 16.5. The van der Waals surface area contributed by atoms with Gasteiger partial charge in [0.1, 0.15) is 11.9 Å². The third kappa shape index (κ3) is 3.38. The van der Waals surface area contributed by atoms with Crippen LogP contribution in [0.1, 0.15) is 45.5 Å². The Bertz CT molecular complexity index is 711. The number of amides is 1. The lowest BCUT2D eigenvalue weighted by atomic mass is 9.87. The number of nitrogens with one attached hydrogen (secondary N) is 2. The molecule has 0 saturated carbocycles. The number of benzene rings is 1. The quantitative estimate of drug-likeness (QED) is 0.811. The molecule has 3 rings (SSSR count). The number of ether oxygens (including phenoxy) is 1. The van der Waals surface area contributed by atoms with Crippen molar-refractivity contribution in [1.82, 2.24) is 9.97 Å². The second kappa shape index (κ2) is 5.94. The highest BCUT2D eigenvalue weighted by molar-refractivity contribution is 5.96. The van der Waals surface area contributed by atoms with Gasteiger partial charge < -0.3 is 20.8 Å². The van der Waals surface area contributed by atoms with Crippen LogP contribution in [0.4, 0.5) is 5.69 Å². The topological polar surface area (TPSA) is 93.0 Å². The first kappa shape index (κ1) is 16.0. The fourth-order valence-electron chi connectivity index (χ4n) is 2.67. The van der Waals surface area contributed by atoms with Gasteiger partial charge in [-0.2, -0.15) is 0 Å². The molecule has 0 aliphatic carbocycles. The molecule has 1 amide bonds. The zero-order chi connectivity index (χ0) is 16.6. The molecule has 1 unspecified atom stereocenters. The molecule has 0 spiro atoms. The maximum absolute atomic E-state index is 12.2. The molecule has 1 aliphatic rings. The van der Waals surface area contributed by atoms with E-state index in [1.807, 2.05) is 39.0 Å². The van der Waals surface area contributed by atoms with Crippen molar-refractivity contribution in [3.8, 4) is 0 Å². The standard InChI is InChI=1S/C17H24N4O2/c1-17(2,3)14(18)16(22)19-10-6-7-11-12(9-10)21-15(20-11)13-5-4-8-23-13/h6-7,9,13-14H,4-5,8,18H2,1-3H3,(H,19,22)(H,20,21)/t13?,14-/m1/s1. The highest BCUT2D eigenvalue weighted by Crippen LogP contribution is 2.29. The second-order valence-electron chi connectivity index (χ2n) is 7.19. The number of nitrogens with zero attached hydrogens (tertiary/aromatic N) is 1. The van der Waals surface area contributed by atoms with Gasteiger partial charge in [-0.05, 0) is 36.5 Å². The zero-order valence-corrected chi connectivity index (χ0v) is 13.8. The molecular formula is C17H24N4O2. The van der Waals surface area contributed by atoms with Crippen LogP contribution in [0.5, 0.6) is 0 Å². The normalized spacial score (nSPS) is 19.9. The Morgan fingerprint density at radius 2 is 2.26 bits per heavy atom. The van der Waals surface area contributed by atoms with Gasteiger partial charge in [-0.15, -0.1) is 0 Å². The molecule has 0 radical (unpaired) electrons. The number of nitrogens with two attached hydrogens (primary N) is 1. The van der Waals surface area contributed by atoms with E-state index >= 15 is 0 Å². The highest BCUT2D eigenvalue weighted by Gasteiger charge is 2.27. The maximum atomic E-state index is 12.2. The summed E-state index contributed by atoms with van der Waals surface area (Å²) in [5.74, 6) is 0.670. The smallest absolute Gasteiger partial charge is 0.241 e. The summed E-state index contributed by atoms with van der Waals surface area (Å²) in [6, 6.07) is 5.05. The van der Waals surface area contributed by atoms with Gasteiger partial charge in [-0.1, -0.05) is 20.8 Å². The number of aromatic nitrogens is 2. The molecule has 0 bridgehead atoms. The summed E-state index contributed by atoms with van der Waals surface area (Å²) in [7, 11) is 0. The molecular weight excluding hydrogens is 292 g/mol. The molecule has 1 saturated heterocycles. The molecule has 1 aromatic carbocycles. The average Bonchev–Trinajstić information content (AvgIpc) is 3.13. The third-order valence-corrected chi connectivity index (χ3v) is 4.22. The van der Waals surface area contributed by atoms with Crippen LogP contribution in [0, 0.1) is 5.41 Å². The average molecular weight is 316 g/mol. The maximum Gasteiger partial charge on any atom is 0.241 e. The number of carbonyl (C=O) groups excluding carboxylic acids is 1. The minimum Gasteiger partial charge on any atom is -0.370 e. The molecule has 2 aromatic rings. The Kier molecular flexibility index (Phi) is 4.12. The molecule has 1 fully saturated rings. The van der Waals surface area contributed by atoms with Crippen molar-refractivity contribution in [2.45, 2.75) is 45.8 Å². The predicted molar refractivity (Wildman–Crippen MR) is 90.1 cm³/mol. The van der Waals surface area contributed by atoms with Gasteiger partial charge in [0, 0.05) is 12.3 Å². The summed E-state index contributed by atoms with van der Waals surface area (Å²) in [4.78, 5) is 20.1. The Labute approximate surface area is 135 Å². The second-order valence-corrected chi connectivity index (χ2v) is 7.19. The van der Waals surface area contributed by atoms with Crippen molar-refractivity contribution in [3.63, 3.8) is 0 Å². The molecule has 1 aliphatic heterocycles. The summed E-state index contributed by atoms with van der Waals surface area (Å²) in [6.07, 6.45) is 2.10. The van der Waals surface area contributed by atoms with Crippen molar-refractivity contribution < 1.29 is 9.53 Å². The van der Waals surface area contributed by atoms with Crippen molar-refractivity contribution in [2.24, 2.45) is 11.1 Å². The molecule has 2 atom stereocenters. The van der Waals surface area contributed by atoms with E-state index in [0.29, 0.717) is 5.69 Å². The first-order chi connectivity index (χ1) is 10.8. The molecule has 6 heteroatoms. The van der Waals surface area contributed by atoms with Crippen molar-refractivity contribution in [2.75, 3.05) is 11.9 Å². The first-order valence-electron chi connectivity index (χ1n) is 8.02. The van der Waals surface area contributed by atoms with Gasteiger partial charge in [-0.3, -0.25) is 4.79 Å². The molecule has 2 heterocycles. The monoisotopic (exact) mass is 316 g/mol. The Balaban J connectivity index is 1.78. The Morgan fingerprint density at radius 1 is 1.48 bits per heavy atom. The van der Waals surface area contributed by atoms with Crippen LogP contribution in [-0.4, -0.2) is 28.5 Å². The zero-order valence-electron chi connectivity index (χ0n) is 13.8. The number of anilines is 1. The third-order valence-electron chi connectivity index (χ3n) is 4.22. The van der Waals surface area contributed by atoms with E-state index in [1.54, 1.807) is 0 Å². The summed E-state index contributed by atoms with van der Waals surface area (Å²) < 4.78 is 5.65. The molecule has 4 N–H and O–H groups in total. The van der Waals surface area contributed by atoms with Crippen LogP contribution >= 0.6 is 0 Å². The van der Waals surface area contributed by atoms with E-state index < -0.39 is 6.04 Å². The lowest BCUT2D eigenvalue weighted by Crippen LogP contribution is -2.45. The lowest BCUT2D eigenvalue weighted by Gasteiger charge is -2.25. The number of fused-ring (bicyclic) bond motifs is 1. The van der Waals surface area contributed by atoms with Crippen LogP contribution in [0.15, 0.2) is 18.2 Å². The van der Waals surface area contributed by atoms with Gasteiger partial charge in [0.25, 0.3) is 0 Å². The van der Waals surface area contributed by atoms with Gasteiger partial charge in [0.05, 0.1) is 17.1 Å². The minimum absolute atomic E-state index is 0.0507. The largest absolute Gasteiger partial charge is 0.370 e. The first-order valence-corrected chi connectivity index (χ1v) is 8.02. The van der Waals surface area contributed by atoms with E-state index in [4.69, 9.17) is 10.5 Å². The van der Waals surface area contributed by atoms with Gasteiger partial charge in [0.2, 0.25) is 5.91 Å². The summed E-state index contributed by atoms with van der Waals surface area (Å²) in [5.41, 5.74) is 8.18. The Morgan fingerprint density at radius 3 is 2.91 bits per heavy atom. The molecule has 23 heavy (non-hydrogen) atoms. The van der Waals surface area contributed by atoms with Crippen LogP contribution in [0.2, 0.25) is 0 Å². The number of H-pyrrole nitrogens is 1. The van der Waals surface area contributed by atoms with Gasteiger partial charge >= 0.3 is 0 Å². The number of carbonyl (C=O) groups is 1. The number of imidazole rings is 1. The van der Waals surface area contributed by atoms with E-state index in [9.17, 15) is 4.79 Å². The molecule has 1 aromatic heterocycles. The summed E-state index contributed by atoms with van der Waals surface area (Å²) in [6.45, 7) is 6.63. The summed E-state index contributed by atoms with van der Waals surface area (Å²) >= 11 is 0. The van der Waals surface area contributed by atoms with Crippen LogP contribution in [-0.2, 0) is 9.53 Å². The number of hydrogen-bond acceptors (Lipinski definition) is 4. The van der Waals surface area contributed by atoms with Crippen LogP contribution < -0.4 is 11.1 Å². The van der Waals surface area contributed by atoms with E-state index in [1.165, 1.54) is 0 Å². The van der Waals surface area contributed by atoms with Crippen molar-refractivity contribution in [3.05, 3.63) is 24.0 Å². The van der Waals surface area contributed by atoms with E-state index in [-0.39, 0.29) is 17.4 Å². The Hall–Kier alpha value is -1.92. The van der Waals surface area contributed by atoms with Crippen molar-refractivity contribution >= 4 is 22.6 Å². The van der Waals surface area contributed by atoms with E-state index in [0.717, 1.165) is 36.3 Å². The fraction of sp³-hybridized carbons (Fsp3) is 0.529.